The number of rotatable bonds is 7. The molecule has 1 spiro atoms. The van der Waals surface area contributed by atoms with Crippen LogP contribution >= 0.6 is 11.3 Å². The molecule has 178 valence electrons. The predicted octanol–water partition coefficient (Wildman–Crippen LogP) is 4.72. The molecule has 6 heteroatoms. The topological polar surface area (TPSA) is 50.8 Å². The van der Waals surface area contributed by atoms with Crippen molar-refractivity contribution in [1.29, 1.82) is 0 Å². The van der Waals surface area contributed by atoms with E-state index in [1.54, 1.807) is 25.6 Å². The molecule has 5 nitrogen and oxygen atoms in total. The number of likely N-dealkylation sites (tertiary alicyclic amines) is 1. The van der Waals surface area contributed by atoms with E-state index in [1.807, 2.05) is 29.6 Å². The fraction of sp³-hybridized carbons (Fsp3) is 0.393. The molecule has 1 amide bonds. The van der Waals surface area contributed by atoms with Crippen molar-refractivity contribution in [3.8, 4) is 5.75 Å². The van der Waals surface area contributed by atoms with Crippen LogP contribution in [-0.2, 0) is 27.9 Å². The van der Waals surface area contributed by atoms with Crippen LogP contribution in [0.15, 0.2) is 66.0 Å². The molecule has 2 atom stereocenters. The Kier molecular flexibility index (Phi) is 6.73. The summed E-state index contributed by atoms with van der Waals surface area (Å²) in [6.07, 6.45) is 2.32. The molecule has 1 aliphatic heterocycles. The fourth-order valence-corrected chi connectivity index (χ4v) is 6.61. The van der Waals surface area contributed by atoms with Gasteiger partial charge in [-0.05, 0) is 54.6 Å². The highest BCUT2D eigenvalue weighted by Gasteiger charge is 2.53. The Morgan fingerprint density at radius 3 is 2.56 bits per heavy atom. The number of nitrogens with one attached hydrogen (secondary N) is 1. The highest BCUT2D eigenvalue weighted by Crippen LogP contribution is 2.52. The number of thiophene rings is 1. The number of carbonyl (C=O) groups excluding carboxylic acids is 1. The first-order valence-electron chi connectivity index (χ1n) is 11.9. The van der Waals surface area contributed by atoms with Crippen molar-refractivity contribution in [1.82, 2.24) is 10.2 Å². The van der Waals surface area contributed by atoms with Gasteiger partial charge in [0.1, 0.15) is 5.75 Å². The summed E-state index contributed by atoms with van der Waals surface area (Å²) >= 11 is 1.62. The first-order chi connectivity index (χ1) is 16.6. The van der Waals surface area contributed by atoms with Crippen LogP contribution < -0.4 is 10.1 Å². The van der Waals surface area contributed by atoms with Crippen molar-refractivity contribution >= 4 is 17.2 Å². The van der Waals surface area contributed by atoms with Crippen molar-refractivity contribution in [2.45, 2.75) is 43.4 Å². The maximum Gasteiger partial charge on any atom is 0.225 e. The van der Waals surface area contributed by atoms with Crippen LogP contribution in [0, 0.1) is 0 Å². The monoisotopic (exact) mass is 476 g/mol. The third-order valence-electron chi connectivity index (χ3n) is 7.50. The molecule has 34 heavy (non-hydrogen) atoms. The zero-order valence-electron chi connectivity index (χ0n) is 19.8. The molecule has 0 unspecified atom stereocenters. The van der Waals surface area contributed by atoms with Gasteiger partial charge in [0.05, 0.1) is 25.7 Å². The summed E-state index contributed by atoms with van der Waals surface area (Å²) in [5.41, 5.74) is 3.66. The van der Waals surface area contributed by atoms with Crippen molar-refractivity contribution in [3.05, 3.63) is 87.6 Å². The Hall–Kier alpha value is -2.67. The number of benzene rings is 2. The Bertz CT molecular complexity index is 1120. The normalized spacial score (nSPS) is 21.4. The smallest absolute Gasteiger partial charge is 0.225 e. The third kappa shape index (κ3) is 4.26. The highest BCUT2D eigenvalue weighted by atomic mass is 32.1. The maximum absolute atomic E-state index is 12.9. The van der Waals surface area contributed by atoms with E-state index in [1.165, 1.54) is 16.7 Å². The standard InChI is InChI=1S/C28H32N2O3S/c1-32-24-12-6-3-8-20(24)19-30-15-13-28(14-16-30)23-11-5-4-10-22(23)26(27(28)33-2)29-25(31)18-21-9-7-17-34-21/h3-12,17,26-27H,13-16,18-19H2,1-2H3,(H,29,31)/t26-,27+/m1/s1. The van der Waals surface area contributed by atoms with Crippen LogP contribution in [0.4, 0.5) is 0 Å². The number of carbonyl (C=O) groups is 1. The average Bonchev–Trinajstić information content (AvgIpc) is 3.46. The van der Waals surface area contributed by atoms with Gasteiger partial charge >= 0.3 is 0 Å². The number of para-hydroxylation sites is 1. The van der Waals surface area contributed by atoms with Gasteiger partial charge in [0, 0.05) is 29.5 Å². The van der Waals surface area contributed by atoms with Gasteiger partial charge in [0.25, 0.3) is 0 Å². The zero-order chi connectivity index (χ0) is 23.5. The number of piperidine rings is 1. The van der Waals surface area contributed by atoms with E-state index in [2.05, 4.69) is 46.6 Å². The maximum atomic E-state index is 12.9. The zero-order valence-corrected chi connectivity index (χ0v) is 20.6. The largest absolute Gasteiger partial charge is 0.496 e. The van der Waals surface area contributed by atoms with Gasteiger partial charge in [0.2, 0.25) is 5.91 Å². The van der Waals surface area contributed by atoms with Crippen molar-refractivity contribution in [2.24, 2.45) is 0 Å². The van der Waals surface area contributed by atoms with Gasteiger partial charge in [-0.2, -0.15) is 0 Å². The van der Waals surface area contributed by atoms with Gasteiger partial charge in [-0.3, -0.25) is 9.69 Å². The van der Waals surface area contributed by atoms with Gasteiger partial charge in [-0.15, -0.1) is 11.3 Å². The average molecular weight is 477 g/mol. The van der Waals surface area contributed by atoms with Gasteiger partial charge < -0.3 is 14.8 Å². The van der Waals surface area contributed by atoms with E-state index in [9.17, 15) is 4.79 Å². The molecule has 2 heterocycles. The van der Waals surface area contributed by atoms with Gasteiger partial charge in [-0.1, -0.05) is 48.5 Å². The highest BCUT2D eigenvalue weighted by molar-refractivity contribution is 7.10. The van der Waals surface area contributed by atoms with E-state index in [4.69, 9.17) is 9.47 Å². The fourth-order valence-electron chi connectivity index (χ4n) is 5.91. The molecule has 5 rings (SSSR count). The minimum atomic E-state index is -0.130. The van der Waals surface area contributed by atoms with E-state index in [-0.39, 0.29) is 23.5 Å². The third-order valence-corrected chi connectivity index (χ3v) is 8.38. The van der Waals surface area contributed by atoms with Crippen LogP contribution in [0.3, 0.4) is 0 Å². The molecular weight excluding hydrogens is 444 g/mol. The molecule has 2 aliphatic rings. The second kappa shape index (κ2) is 9.90. The molecule has 0 bridgehead atoms. The molecular formula is C28H32N2O3S. The molecule has 0 radical (unpaired) electrons. The van der Waals surface area contributed by atoms with Crippen LogP contribution in [0.5, 0.6) is 5.75 Å². The second-order valence-electron chi connectivity index (χ2n) is 9.29. The number of methoxy groups -OCH3 is 2. The predicted molar refractivity (Wildman–Crippen MR) is 135 cm³/mol. The van der Waals surface area contributed by atoms with Crippen LogP contribution in [0.2, 0.25) is 0 Å². The first kappa shape index (κ1) is 23.1. The number of hydrogen-bond donors (Lipinski definition) is 1. The van der Waals surface area contributed by atoms with Crippen molar-refractivity contribution in [3.63, 3.8) is 0 Å². The minimum absolute atomic E-state index is 0.0509. The van der Waals surface area contributed by atoms with Crippen molar-refractivity contribution < 1.29 is 14.3 Å². The number of amides is 1. The second-order valence-corrected chi connectivity index (χ2v) is 10.3. The van der Waals surface area contributed by atoms with E-state index in [0.29, 0.717) is 6.42 Å². The lowest BCUT2D eigenvalue weighted by Crippen LogP contribution is -2.50. The molecule has 1 aliphatic carbocycles. The summed E-state index contributed by atoms with van der Waals surface area (Å²) in [5, 5.41) is 5.34. The summed E-state index contributed by atoms with van der Waals surface area (Å²) in [7, 11) is 3.52. The van der Waals surface area contributed by atoms with E-state index >= 15 is 0 Å². The van der Waals surface area contributed by atoms with Gasteiger partial charge in [0.15, 0.2) is 0 Å². The molecule has 1 N–H and O–H groups in total. The molecule has 1 fully saturated rings. The number of fused-ring (bicyclic) bond motifs is 2. The van der Waals surface area contributed by atoms with Crippen molar-refractivity contribution in [2.75, 3.05) is 27.3 Å². The van der Waals surface area contributed by atoms with E-state index < -0.39 is 0 Å². The summed E-state index contributed by atoms with van der Waals surface area (Å²) < 4.78 is 11.7. The molecule has 0 saturated carbocycles. The summed E-state index contributed by atoms with van der Waals surface area (Å²) in [6.45, 7) is 2.82. The lowest BCUT2D eigenvalue weighted by Gasteiger charge is -2.44. The lowest BCUT2D eigenvalue weighted by atomic mass is 9.71. The summed E-state index contributed by atoms with van der Waals surface area (Å²) in [6, 6.07) is 20.7. The molecule has 1 aromatic heterocycles. The number of nitrogens with zero attached hydrogens (tertiary/aromatic N) is 1. The molecule has 1 saturated heterocycles. The molecule has 2 aromatic carbocycles. The quantitative estimate of drug-likeness (QED) is 0.536. The van der Waals surface area contributed by atoms with Crippen LogP contribution in [0.1, 0.15) is 40.5 Å². The molecule has 3 aromatic rings. The lowest BCUT2D eigenvalue weighted by molar-refractivity contribution is -0.122. The Balaban J connectivity index is 1.35. The summed E-state index contributed by atoms with van der Waals surface area (Å²) in [4.78, 5) is 16.5. The first-order valence-corrected chi connectivity index (χ1v) is 12.8. The van der Waals surface area contributed by atoms with Gasteiger partial charge in [-0.25, -0.2) is 0 Å². The summed E-state index contributed by atoms with van der Waals surface area (Å²) in [5.74, 6) is 0.993. The number of hydrogen-bond acceptors (Lipinski definition) is 5. The SMILES string of the molecule is COc1ccccc1CN1CCC2(CC1)c1ccccc1[C@@H](NC(=O)Cc1cccs1)[C@@H]2OC. The van der Waals surface area contributed by atoms with E-state index in [0.717, 1.165) is 43.1 Å². The number of ether oxygens (including phenoxy) is 2. The Morgan fingerprint density at radius 2 is 1.82 bits per heavy atom. The van der Waals surface area contributed by atoms with Crippen LogP contribution in [0.25, 0.3) is 0 Å². The van der Waals surface area contributed by atoms with Crippen LogP contribution in [-0.4, -0.2) is 44.2 Å². The Morgan fingerprint density at radius 1 is 1.06 bits per heavy atom. The minimum Gasteiger partial charge on any atom is -0.496 e. The Labute approximate surface area is 205 Å².